The second-order valence-corrected chi connectivity index (χ2v) is 6.49. The van der Waals surface area contributed by atoms with Crippen molar-refractivity contribution in [3.63, 3.8) is 0 Å². The first-order chi connectivity index (χ1) is 10.3. The van der Waals surface area contributed by atoms with Crippen LogP contribution in [0, 0.1) is 6.92 Å². The van der Waals surface area contributed by atoms with Gasteiger partial charge in [0, 0.05) is 31.8 Å². The minimum atomic E-state index is -3.82. The fourth-order valence-electron chi connectivity index (χ4n) is 1.96. The standard InChI is InChI=1S/C13H17N5O3S/c1-9-3-4-10(7-12(9)22(14,20)21)15-13(19)6-5-11-8-18(2)17-16-11/h3-4,7-8H,5-6H2,1-2H3,(H,15,19)(H2,14,20,21). The largest absolute Gasteiger partial charge is 0.326 e. The summed E-state index contributed by atoms with van der Waals surface area (Å²) in [6.45, 7) is 1.64. The summed E-state index contributed by atoms with van der Waals surface area (Å²) in [5.74, 6) is -0.241. The van der Waals surface area contributed by atoms with Crippen LogP contribution in [0.3, 0.4) is 0 Å². The summed E-state index contributed by atoms with van der Waals surface area (Å²) in [5.41, 5.74) is 1.63. The zero-order valence-electron chi connectivity index (χ0n) is 12.3. The van der Waals surface area contributed by atoms with Crippen molar-refractivity contribution < 1.29 is 13.2 Å². The molecule has 9 heteroatoms. The Kier molecular flexibility index (Phi) is 4.57. The van der Waals surface area contributed by atoms with Crippen LogP contribution in [0.1, 0.15) is 17.7 Å². The smallest absolute Gasteiger partial charge is 0.238 e. The summed E-state index contributed by atoms with van der Waals surface area (Å²) in [5, 5.41) is 15.5. The Morgan fingerprint density at radius 1 is 1.41 bits per heavy atom. The molecule has 0 aliphatic carbocycles. The number of sulfonamides is 1. The van der Waals surface area contributed by atoms with Gasteiger partial charge in [0.1, 0.15) is 0 Å². The Labute approximate surface area is 128 Å². The van der Waals surface area contributed by atoms with Gasteiger partial charge in [0.25, 0.3) is 0 Å². The first-order valence-corrected chi connectivity index (χ1v) is 8.09. The molecule has 2 rings (SSSR count). The van der Waals surface area contributed by atoms with Crippen LogP contribution in [-0.2, 0) is 28.3 Å². The van der Waals surface area contributed by atoms with Crippen molar-refractivity contribution >= 4 is 21.6 Å². The molecule has 118 valence electrons. The molecule has 1 amide bonds. The molecule has 0 aliphatic heterocycles. The Hall–Kier alpha value is -2.26. The average Bonchev–Trinajstić information content (AvgIpc) is 2.83. The molecular weight excluding hydrogens is 306 g/mol. The number of amides is 1. The Balaban J connectivity index is 2.02. The van der Waals surface area contributed by atoms with Gasteiger partial charge in [0.05, 0.1) is 10.6 Å². The van der Waals surface area contributed by atoms with Crippen molar-refractivity contribution in [3.8, 4) is 0 Å². The quantitative estimate of drug-likeness (QED) is 0.822. The van der Waals surface area contributed by atoms with Gasteiger partial charge >= 0.3 is 0 Å². The Morgan fingerprint density at radius 3 is 2.73 bits per heavy atom. The monoisotopic (exact) mass is 323 g/mol. The van der Waals surface area contributed by atoms with Crippen LogP contribution in [0.15, 0.2) is 29.3 Å². The second-order valence-electron chi connectivity index (χ2n) is 4.96. The maximum Gasteiger partial charge on any atom is 0.238 e. The molecule has 8 nitrogen and oxygen atoms in total. The molecule has 0 fully saturated rings. The fraction of sp³-hybridized carbons (Fsp3) is 0.308. The SMILES string of the molecule is Cc1ccc(NC(=O)CCc2cn(C)nn2)cc1S(N)(=O)=O. The van der Waals surface area contributed by atoms with Crippen LogP contribution in [0.25, 0.3) is 0 Å². The third-order valence-electron chi connectivity index (χ3n) is 3.04. The zero-order chi connectivity index (χ0) is 16.3. The van der Waals surface area contributed by atoms with Crippen molar-refractivity contribution in [1.29, 1.82) is 0 Å². The lowest BCUT2D eigenvalue weighted by atomic mass is 10.2. The predicted molar refractivity (Wildman–Crippen MR) is 80.5 cm³/mol. The van der Waals surface area contributed by atoms with E-state index in [2.05, 4.69) is 15.6 Å². The molecule has 0 bridgehead atoms. The van der Waals surface area contributed by atoms with Gasteiger partial charge in [-0.15, -0.1) is 5.10 Å². The highest BCUT2D eigenvalue weighted by atomic mass is 32.2. The van der Waals surface area contributed by atoms with Crippen molar-refractivity contribution in [2.24, 2.45) is 12.2 Å². The summed E-state index contributed by atoms with van der Waals surface area (Å²) < 4.78 is 24.5. The lowest BCUT2D eigenvalue weighted by Gasteiger charge is -2.08. The van der Waals surface area contributed by atoms with Gasteiger partial charge in [-0.3, -0.25) is 9.48 Å². The molecule has 2 aromatic rings. The van der Waals surface area contributed by atoms with Crippen molar-refractivity contribution in [2.75, 3.05) is 5.32 Å². The number of aromatic nitrogens is 3. The number of nitrogens with zero attached hydrogens (tertiary/aromatic N) is 3. The van der Waals surface area contributed by atoms with E-state index in [9.17, 15) is 13.2 Å². The van der Waals surface area contributed by atoms with Crippen LogP contribution in [0.4, 0.5) is 5.69 Å². The zero-order valence-corrected chi connectivity index (χ0v) is 13.1. The van der Waals surface area contributed by atoms with Gasteiger partial charge < -0.3 is 5.32 Å². The Bertz CT molecular complexity index is 798. The fourth-order valence-corrected chi connectivity index (χ4v) is 2.77. The average molecular weight is 323 g/mol. The van der Waals surface area contributed by atoms with Gasteiger partial charge in [-0.05, 0) is 24.6 Å². The minimum Gasteiger partial charge on any atom is -0.326 e. The number of hydrogen-bond donors (Lipinski definition) is 2. The van der Waals surface area contributed by atoms with Crippen LogP contribution < -0.4 is 10.5 Å². The van der Waals surface area contributed by atoms with E-state index in [1.54, 1.807) is 37.0 Å². The molecule has 0 spiro atoms. The maximum atomic E-state index is 11.9. The normalized spacial score (nSPS) is 11.4. The highest BCUT2D eigenvalue weighted by Crippen LogP contribution is 2.19. The molecule has 0 radical (unpaired) electrons. The van der Waals surface area contributed by atoms with Crippen molar-refractivity contribution in [3.05, 3.63) is 35.7 Å². The maximum absolute atomic E-state index is 11.9. The number of nitrogens with two attached hydrogens (primary N) is 1. The van der Waals surface area contributed by atoms with Crippen molar-refractivity contribution in [2.45, 2.75) is 24.7 Å². The number of aryl methyl sites for hydroxylation is 3. The van der Waals surface area contributed by atoms with Gasteiger partial charge in [0.15, 0.2) is 0 Å². The molecule has 0 aliphatic rings. The van der Waals surface area contributed by atoms with E-state index in [4.69, 9.17) is 5.14 Å². The number of anilines is 1. The molecule has 1 aromatic carbocycles. The molecule has 0 saturated heterocycles. The van der Waals surface area contributed by atoms with E-state index in [0.717, 1.165) is 0 Å². The van der Waals surface area contributed by atoms with Crippen LogP contribution in [0.2, 0.25) is 0 Å². The molecule has 1 aromatic heterocycles. The molecular formula is C13H17N5O3S. The first-order valence-electron chi connectivity index (χ1n) is 6.54. The van der Waals surface area contributed by atoms with Gasteiger partial charge in [-0.25, -0.2) is 13.6 Å². The molecule has 0 atom stereocenters. The third kappa shape index (κ3) is 4.12. The van der Waals surface area contributed by atoms with Crippen LogP contribution >= 0.6 is 0 Å². The van der Waals surface area contributed by atoms with Crippen LogP contribution in [-0.4, -0.2) is 29.3 Å². The predicted octanol–water partition coefficient (Wildman–Crippen LogP) is 0.342. The number of benzene rings is 1. The molecule has 0 unspecified atom stereocenters. The number of hydrogen-bond acceptors (Lipinski definition) is 5. The van der Waals surface area contributed by atoms with Gasteiger partial charge in [0.2, 0.25) is 15.9 Å². The van der Waals surface area contributed by atoms with E-state index in [0.29, 0.717) is 23.4 Å². The number of carbonyl (C=O) groups is 1. The number of rotatable bonds is 5. The minimum absolute atomic E-state index is 0.000717. The first kappa shape index (κ1) is 16.1. The summed E-state index contributed by atoms with van der Waals surface area (Å²) >= 11 is 0. The Morgan fingerprint density at radius 2 is 2.14 bits per heavy atom. The molecule has 0 saturated carbocycles. The lowest BCUT2D eigenvalue weighted by molar-refractivity contribution is -0.116. The van der Waals surface area contributed by atoms with E-state index >= 15 is 0 Å². The molecule has 1 heterocycles. The van der Waals surface area contributed by atoms with Crippen LogP contribution in [0.5, 0.6) is 0 Å². The number of nitrogens with one attached hydrogen (secondary N) is 1. The third-order valence-corrected chi connectivity index (χ3v) is 4.09. The molecule has 3 N–H and O–H groups in total. The highest BCUT2D eigenvalue weighted by Gasteiger charge is 2.13. The molecule has 22 heavy (non-hydrogen) atoms. The summed E-state index contributed by atoms with van der Waals surface area (Å²) in [4.78, 5) is 11.9. The van der Waals surface area contributed by atoms with E-state index < -0.39 is 10.0 Å². The van der Waals surface area contributed by atoms with E-state index in [1.165, 1.54) is 6.07 Å². The topological polar surface area (TPSA) is 120 Å². The summed E-state index contributed by atoms with van der Waals surface area (Å²) in [7, 11) is -2.07. The lowest BCUT2D eigenvalue weighted by Crippen LogP contribution is -2.16. The summed E-state index contributed by atoms with van der Waals surface area (Å²) in [6.07, 6.45) is 2.41. The second kappa shape index (κ2) is 6.24. The van der Waals surface area contributed by atoms with E-state index in [-0.39, 0.29) is 17.2 Å². The van der Waals surface area contributed by atoms with Gasteiger partial charge in [-0.2, -0.15) is 0 Å². The number of primary sulfonamides is 1. The number of carbonyl (C=O) groups excluding carboxylic acids is 1. The summed E-state index contributed by atoms with van der Waals surface area (Å²) in [6, 6.07) is 4.58. The van der Waals surface area contributed by atoms with Gasteiger partial charge in [-0.1, -0.05) is 11.3 Å². The van der Waals surface area contributed by atoms with Crippen molar-refractivity contribution in [1.82, 2.24) is 15.0 Å². The van der Waals surface area contributed by atoms with E-state index in [1.807, 2.05) is 0 Å². The highest BCUT2D eigenvalue weighted by molar-refractivity contribution is 7.89.